The summed E-state index contributed by atoms with van der Waals surface area (Å²) in [5.74, 6) is 0. The quantitative estimate of drug-likeness (QED) is 0.636. The van der Waals surface area contributed by atoms with E-state index in [1.165, 1.54) is 0 Å². The molecule has 13 heavy (non-hydrogen) atoms. The van der Waals surface area contributed by atoms with Crippen LogP contribution in [0.15, 0.2) is 30.3 Å². The lowest BCUT2D eigenvalue weighted by Gasteiger charge is -2.05. The molecule has 1 aliphatic heterocycles. The average molecular weight is 178 g/mol. The van der Waals surface area contributed by atoms with E-state index in [-0.39, 0.29) is 19.8 Å². The van der Waals surface area contributed by atoms with E-state index in [0.717, 1.165) is 5.46 Å². The molecule has 0 spiro atoms. The first kappa shape index (κ1) is 8.75. The average Bonchev–Trinajstić information content (AvgIpc) is 2.67. The second-order valence-electron chi connectivity index (χ2n) is 3.02. The third kappa shape index (κ3) is 1.91. The molecule has 1 aromatic rings. The number of hydrogen-bond donors (Lipinski definition) is 1. The molecule has 2 rings (SSSR count). The van der Waals surface area contributed by atoms with Gasteiger partial charge in [-0.1, -0.05) is 30.3 Å². The lowest BCUT2D eigenvalue weighted by molar-refractivity contribution is 0.134. The second kappa shape index (κ2) is 3.92. The van der Waals surface area contributed by atoms with Gasteiger partial charge in [0.2, 0.25) is 0 Å². The van der Waals surface area contributed by atoms with Crippen LogP contribution in [0.2, 0.25) is 0 Å². The van der Waals surface area contributed by atoms with E-state index in [4.69, 9.17) is 14.4 Å². The van der Waals surface area contributed by atoms with Gasteiger partial charge in [0.15, 0.2) is 0 Å². The third-order valence-corrected chi connectivity index (χ3v) is 2.02. The molecule has 0 aromatic heterocycles. The van der Waals surface area contributed by atoms with E-state index in [9.17, 15) is 0 Å². The van der Waals surface area contributed by atoms with E-state index in [0.29, 0.717) is 6.61 Å². The van der Waals surface area contributed by atoms with Crippen molar-refractivity contribution in [2.24, 2.45) is 0 Å². The largest absolute Gasteiger partial charge is 0.494 e. The van der Waals surface area contributed by atoms with E-state index in [2.05, 4.69) is 0 Å². The Kier molecular flexibility index (Phi) is 2.64. The Labute approximate surface area is 77.4 Å². The molecule has 68 valence electrons. The maximum Gasteiger partial charge on any atom is 0.494 e. The predicted molar refractivity (Wildman–Crippen MR) is 49.7 cm³/mol. The summed E-state index contributed by atoms with van der Waals surface area (Å²) in [7, 11) is -0.307. The zero-order valence-electron chi connectivity index (χ0n) is 7.22. The van der Waals surface area contributed by atoms with Crippen LogP contribution in [0, 0.1) is 0 Å². The van der Waals surface area contributed by atoms with Crippen molar-refractivity contribution in [3.05, 3.63) is 30.3 Å². The van der Waals surface area contributed by atoms with Crippen LogP contribution in [0.5, 0.6) is 0 Å². The van der Waals surface area contributed by atoms with Gasteiger partial charge < -0.3 is 14.4 Å². The summed E-state index contributed by atoms with van der Waals surface area (Å²) in [6.45, 7) is 0.486. The van der Waals surface area contributed by atoms with Gasteiger partial charge in [-0.3, -0.25) is 0 Å². The molecule has 4 heteroatoms. The van der Waals surface area contributed by atoms with Crippen molar-refractivity contribution in [2.75, 3.05) is 13.2 Å². The maximum atomic E-state index is 8.83. The first-order chi connectivity index (χ1) is 6.40. The fourth-order valence-corrected chi connectivity index (χ4v) is 1.33. The van der Waals surface area contributed by atoms with E-state index in [1.807, 2.05) is 30.3 Å². The summed E-state index contributed by atoms with van der Waals surface area (Å²) in [5.41, 5.74) is 0.999. The summed E-state index contributed by atoms with van der Waals surface area (Å²) in [4.78, 5) is 0. The van der Waals surface area contributed by atoms with Crippen molar-refractivity contribution in [2.45, 2.75) is 6.10 Å². The van der Waals surface area contributed by atoms with Crippen LogP contribution in [0.4, 0.5) is 0 Å². The molecule has 1 saturated heterocycles. The van der Waals surface area contributed by atoms with Crippen LogP contribution in [0.1, 0.15) is 0 Å². The molecule has 0 amide bonds. The predicted octanol–water partition coefficient (Wildman–Crippen LogP) is -0.211. The van der Waals surface area contributed by atoms with Gasteiger partial charge in [-0.2, -0.15) is 0 Å². The molecule has 0 unspecified atom stereocenters. The van der Waals surface area contributed by atoms with Crippen molar-refractivity contribution < 1.29 is 14.4 Å². The minimum absolute atomic E-state index is 0.0172. The third-order valence-electron chi connectivity index (χ3n) is 2.02. The zero-order valence-corrected chi connectivity index (χ0v) is 7.22. The van der Waals surface area contributed by atoms with Crippen LogP contribution in [0.3, 0.4) is 0 Å². The Bertz CT molecular complexity index is 265. The molecule has 1 fully saturated rings. The van der Waals surface area contributed by atoms with Gasteiger partial charge in [0.1, 0.15) is 0 Å². The van der Waals surface area contributed by atoms with Gasteiger partial charge in [-0.25, -0.2) is 0 Å². The van der Waals surface area contributed by atoms with Crippen LogP contribution in [-0.2, 0) is 9.31 Å². The first-order valence-electron chi connectivity index (χ1n) is 4.33. The summed E-state index contributed by atoms with van der Waals surface area (Å²) < 4.78 is 10.8. The Hall–Kier alpha value is -0.835. The highest BCUT2D eigenvalue weighted by Crippen LogP contribution is 2.07. The highest BCUT2D eigenvalue weighted by molar-refractivity contribution is 6.61. The van der Waals surface area contributed by atoms with Crippen LogP contribution in [-0.4, -0.2) is 31.5 Å². The Morgan fingerprint density at radius 1 is 1.38 bits per heavy atom. The molecule has 1 heterocycles. The molecule has 1 N–H and O–H groups in total. The van der Waals surface area contributed by atoms with E-state index >= 15 is 0 Å². The summed E-state index contributed by atoms with van der Waals surface area (Å²) in [6.07, 6.45) is -0.176. The topological polar surface area (TPSA) is 38.7 Å². The highest BCUT2D eigenvalue weighted by Gasteiger charge is 2.32. The normalized spacial score (nSPS) is 22.2. The van der Waals surface area contributed by atoms with Gasteiger partial charge in [-0.15, -0.1) is 0 Å². The molecular weight excluding hydrogens is 167 g/mol. The smallest absolute Gasteiger partial charge is 0.405 e. The van der Waals surface area contributed by atoms with Gasteiger partial charge in [0.25, 0.3) is 0 Å². The second-order valence-corrected chi connectivity index (χ2v) is 3.02. The fourth-order valence-electron chi connectivity index (χ4n) is 1.33. The van der Waals surface area contributed by atoms with Crippen LogP contribution in [0.25, 0.3) is 0 Å². The Balaban J connectivity index is 2.04. The number of hydrogen-bond acceptors (Lipinski definition) is 3. The number of rotatable bonds is 2. The Morgan fingerprint density at radius 2 is 2.15 bits per heavy atom. The summed E-state index contributed by atoms with van der Waals surface area (Å²) in [6, 6.07) is 9.72. The molecule has 0 bridgehead atoms. The zero-order chi connectivity index (χ0) is 9.10. The fraction of sp³-hybridized carbons (Fsp3) is 0.333. The minimum atomic E-state index is -0.307. The molecule has 0 radical (unpaired) electrons. The molecule has 0 saturated carbocycles. The van der Waals surface area contributed by atoms with Crippen molar-refractivity contribution in [3.8, 4) is 0 Å². The lowest BCUT2D eigenvalue weighted by Crippen LogP contribution is -2.32. The van der Waals surface area contributed by atoms with Gasteiger partial charge in [-0.05, 0) is 5.46 Å². The molecule has 1 aliphatic rings. The SMILES string of the molecule is OC[C@@H]1COB(c2ccccc2)O1. The minimum Gasteiger partial charge on any atom is -0.405 e. The van der Waals surface area contributed by atoms with Gasteiger partial charge >= 0.3 is 7.12 Å². The molecule has 0 aliphatic carbocycles. The van der Waals surface area contributed by atoms with Crippen molar-refractivity contribution >= 4 is 12.6 Å². The Morgan fingerprint density at radius 3 is 2.77 bits per heavy atom. The summed E-state index contributed by atoms with van der Waals surface area (Å²) in [5, 5.41) is 8.83. The van der Waals surface area contributed by atoms with E-state index < -0.39 is 0 Å². The molecule has 1 atom stereocenters. The lowest BCUT2D eigenvalue weighted by atomic mass is 9.80. The number of aliphatic hydroxyl groups excluding tert-OH is 1. The molecular formula is C9H11BO3. The molecule has 1 aromatic carbocycles. The highest BCUT2D eigenvalue weighted by atomic mass is 16.6. The molecule has 3 nitrogen and oxygen atoms in total. The number of benzene rings is 1. The van der Waals surface area contributed by atoms with Crippen molar-refractivity contribution in [1.29, 1.82) is 0 Å². The van der Waals surface area contributed by atoms with Crippen LogP contribution >= 0.6 is 0 Å². The number of aliphatic hydroxyl groups is 1. The monoisotopic (exact) mass is 178 g/mol. The van der Waals surface area contributed by atoms with Crippen molar-refractivity contribution in [3.63, 3.8) is 0 Å². The van der Waals surface area contributed by atoms with E-state index in [1.54, 1.807) is 0 Å². The van der Waals surface area contributed by atoms with Crippen molar-refractivity contribution in [1.82, 2.24) is 0 Å². The summed E-state index contributed by atoms with van der Waals surface area (Å²) >= 11 is 0. The van der Waals surface area contributed by atoms with Gasteiger partial charge in [0.05, 0.1) is 19.3 Å². The van der Waals surface area contributed by atoms with Gasteiger partial charge in [0, 0.05) is 0 Å². The van der Waals surface area contributed by atoms with Crippen LogP contribution < -0.4 is 5.46 Å². The maximum absolute atomic E-state index is 8.83. The standard InChI is InChI=1S/C9H11BO3/c11-6-9-7-12-10(13-9)8-4-2-1-3-5-8/h1-5,9,11H,6-7H2/t9-/m1/s1. The first-order valence-corrected chi connectivity index (χ1v) is 4.33.